The minimum Gasteiger partial charge on any atom is -0.480 e. The van der Waals surface area contributed by atoms with Gasteiger partial charge >= 0.3 is 5.97 Å². The number of hydrogen-bond donors (Lipinski definition) is 3. The number of aromatic nitrogens is 4. The van der Waals surface area contributed by atoms with Crippen LogP contribution in [0.2, 0.25) is 0 Å². The van der Waals surface area contributed by atoms with Gasteiger partial charge in [-0.25, -0.2) is 4.98 Å². The summed E-state index contributed by atoms with van der Waals surface area (Å²) < 4.78 is 1.37. The fraction of sp³-hybridized carbons (Fsp3) is 0.273. The molecule has 0 saturated carbocycles. The second kappa shape index (κ2) is 5.34. The molecule has 2 aromatic rings. The van der Waals surface area contributed by atoms with Gasteiger partial charge in [-0.15, -0.1) is 0 Å². The lowest BCUT2D eigenvalue weighted by Gasteiger charge is -2.12. The van der Waals surface area contributed by atoms with E-state index in [9.17, 15) is 9.59 Å². The number of H-pyrrole nitrogens is 1. The van der Waals surface area contributed by atoms with E-state index < -0.39 is 5.97 Å². The summed E-state index contributed by atoms with van der Waals surface area (Å²) in [7, 11) is 0. The number of aromatic amines is 1. The highest BCUT2D eigenvalue weighted by Gasteiger charge is 2.16. The predicted octanol–water partition coefficient (Wildman–Crippen LogP) is 0.182. The fourth-order valence-electron chi connectivity index (χ4n) is 1.67. The molecule has 1 amide bonds. The summed E-state index contributed by atoms with van der Waals surface area (Å²) in [4.78, 5) is 26.6. The maximum absolute atomic E-state index is 12.0. The van der Waals surface area contributed by atoms with Gasteiger partial charge in [-0.3, -0.25) is 14.7 Å². The number of amides is 1. The normalized spacial score (nSPS) is 12.1. The Labute approximate surface area is 108 Å². The lowest BCUT2D eigenvalue weighted by Crippen LogP contribution is -2.29. The van der Waals surface area contributed by atoms with Gasteiger partial charge in [0, 0.05) is 6.20 Å². The van der Waals surface area contributed by atoms with Crippen molar-refractivity contribution >= 4 is 11.9 Å². The highest BCUT2D eigenvalue weighted by Crippen LogP contribution is 2.08. The maximum Gasteiger partial charge on any atom is 0.323 e. The molecule has 0 aliphatic carbocycles. The molecule has 1 atom stereocenters. The number of nitrogens with one attached hydrogen (secondary N) is 2. The number of carbonyl (C=O) groups excluding carboxylic acids is 1. The minimum absolute atomic E-state index is 0.257. The van der Waals surface area contributed by atoms with Crippen LogP contribution in [0, 0.1) is 0 Å². The Bertz CT molecular complexity index is 575. The highest BCUT2D eigenvalue weighted by molar-refractivity contribution is 5.93. The van der Waals surface area contributed by atoms with Crippen LogP contribution < -0.4 is 5.32 Å². The first kappa shape index (κ1) is 12.8. The van der Waals surface area contributed by atoms with Crippen LogP contribution in [0.4, 0.5) is 0 Å². The van der Waals surface area contributed by atoms with Crippen molar-refractivity contribution in [3.63, 3.8) is 0 Å². The fourth-order valence-corrected chi connectivity index (χ4v) is 1.67. The first-order chi connectivity index (χ1) is 9.08. The topological polar surface area (TPSA) is 113 Å². The molecule has 8 heteroatoms. The van der Waals surface area contributed by atoms with E-state index in [-0.39, 0.29) is 24.2 Å². The molecule has 3 N–H and O–H groups in total. The van der Waals surface area contributed by atoms with Gasteiger partial charge in [-0.2, -0.15) is 5.10 Å². The van der Waals surface area contributed by atoms with Crippen molar-refractivity contribution in [2.24, 2.45) is 0 Å². The molecule has 2 heterocycles. The smallest absolute Gasteiger partial charge is 0.323 e. The molecule has 2 rings (SSSR count). The molecule has 2 aromatic heterocycles. The van der Waals surface area contributed by atoms with Gasteiger partial charge in [0.05, 0.1) is 6.04 Å². The number of aliphatic carboxylic acids is 1. The van der Waals surface area contributed by atoms with Crippen molar-refractivity contribution in [3.8, 4) is 0 Å². The molecule has 0 aliphatic heterocycles. The van der Waals surface area contributed by atoms with Crippen LogP contribution in [0.3, 0.4) is 0 Å². The lowest BCUT2D eigenvalue weighted by atomic mass is 10.3. The molecule has 0 radical (unpaired) electrons. The zero-order valence-electron chi connectivity index (χ0n) is 10.2. The molecule has 0 aliphatic rings. The predicted molar refractivity (Wildman–Crippen MR) is 64.3 cm³/mol. The van der Waals surface area contributed by atoms with E-state index in [2.05, 4.69) is 20.5 Å². The summed E-state index contributed by atoms with van der Waals surface area (Å²) >= 11 is 0. The van der Waals surface area contributed by atoms with Crippen molar-refractivity contribution in [1.29, 1.82) is 0 Å². The molecule has 19 heavy (non-hydrogen) atoms. The second-order valence-corrected chi connectivity index (χ2v) is 3.98. The van der Waals surface area contributed by atoms with E-state index in [0.717, 1.165) is 0 Å². The Morgan fingerprint density at radius 1 is 1.58 bits per heavy atom. The van der Waals surface area contributed by atoms with Crippen molar-refractivity contribution in [3.05, 3.63) is 36.2 Å². The number of rotatable bonds is 5. The molecule has 0 aromatic carbocycles. The Balaban J connectivity index is 2.08. The lowest BCUT2D eigenvalue weighted by molar-refractivity contribution is -0.137. The van der Waals surface area contributed by atoms with Crippen LogP contribution in [-0.4, -0.2) is 36.7 Å². The van der Waals surface area contributed by atoms with Crippen LogP contribution in [0.15, 0.2) is 24.7 Å². The molecular formula is C11H13N5O3. The summed E-state index contributed by atoms with van der Waals surface area (Å²) in [5, 5.41) is 17.8. The number of carboxylic acid groups (broad SMARTS) is 1. The van der Waals surface area contributed by atoms with Gasteiger partial charge in [0.1, 0.15) is 24.4 Å². The molecule has 8 nitrogen and oxygen atoms in total. The first-order valence-electron chi connectivity index (χ1n) is 5.61. The SMILES string of the molecule is CC(NC(=O)c1cccn1CC(=O)O)c1ncn[nH]1. The third-order valence-electron chi connectivity index (χ3n) is 2.56. The van der Waals surface area contributed by atoms with Crippen molar-refractivity contribution in [2.75, 3.05) is 0 Å². The van der Waals surface area contributed by atoms with E-state index in [1.54, 1.807) is 25.3 Å². The third kappa shape index (κ3) is 2.97. The molecule has 0 bridgehead atoms. The number of carboxylic acids is 1. The molecule has 0 spiro atoms. The summed E-state index contributed by atoms with van der Waals surface area (Å²) in [6.45, 7) is 1.50. The summed E-state index contributed by atoms with van der Waals surface area (Å²) in [6, 6.07) is 2.84. The van der Waals surface area contributed by atoms with Crippen LogP contribution in [0.5, 0.6) is 0 Å². The second-order valence-electron chi connectivity index (χ2n) is 3.98. The largest absolute Gasteiger partial charge is 0.480 e. The first-order valence-corrected chi connectivity index (χ1v) is 5.61. The van der Waals surface area contributed by atoms with E-state index >= 15 is 0 Å². The summed E-state index contributed by atoms with van der Waals surface area (Å²) in [5.74, 6) is -0.839. The van der Waals surface area contributed by atoms with Gasteiger partial charge in [-0.05, 0) is 19.1 Å². The van der Waals surface area contributed by atoms with E-state index in [4.69, 9.17) is 5.11 Å². The molecular weight excluding hydrogens is 250 g/mol. The standard InChI is InChI=1S/C11H13N5O3/c1-7(10-12-6-13-15-10)14-11(19)8-3-2-4-16(8)5-9(17)18/h2-4,6-7H,5H2,1H3,(H,14,19)(H,17,18)(H,12,13,15). The van der Waals surface area contributed by atoms with Crippen molar-refractivity contribution in [2.45, 2.75) is 19.5 Å². The van der Waals surface area contributed by atoms with Crippen LogP contribution in [-0.2, 0) is 11.3 Å². The van der Waals surface area contributed by atoms with Gasteiger partial charge in [0.2, 0.25) is 0 Å². The van der Waals surface area contributed by atoms with E-state index in [0.29, 0.717) is 5.82 Å². The summed E-state index contributed by atoms with van der Waals surface area (Å²) in [6.07, 6.45) is 2.90. The zero-order valence-corrected chi connectivity index (χ0v) is 10.2. The van der Waals surface area contributed by atoms with Gasteiger partial charge in [-0.1, -0.05) is 0 Å². The third-order valence-corrected chi connectivity index (χ3v) is 2.56. The Morgan fingerprint density at radius 3 is 3.00 bits per heavy atom. The average molecular weight is 263 g/mol. The van der Waals surface area contributed by atoms with Gasteiger partial charge in [0.15, 0.2) is 0 Å². The zero-order chi connectivity index (χ0) is 13.8. The monoisotopic (exact) mass is 263 g/mol. The Hall–Kier alpha value is -2.64. The van der Waals surface area contributed by atoms with Crippen LogP contribution in [0.25, 0.3) is 0 Å². The Kier molecular flexibility index (Phi) is 3.60. The van der Waals surface area contributed by atoms with E-state index in [1.807, 2.05) is 0 Å². The molecule has 1 unspecified atom stereocenters. The van der Waals surface area contributed by atoms with Crippen molar-refractivity contribution < 1.29 is 14.7 Å². The quantitative estimate of drug-likeness (QED) is 0.712. The highest BCUT2D eigenvalue weighted by atomic mass is 16.4. The van der Waals surface area contributed by atoms with Gasteiger partial charge < -0.3 is 15.0 Å². The number of hydrogen-bond acceptors (Lipinski definition) is 4. The van der Waals surface area contributed by atoms with Crippen molar-refractivity contribution in [1.82, 2.24) is 25.1 Å². The maximum atomic E-state index is 12.0. The summed E-state index contributed by atoms with van der Waals surface area (Å²) in [5.41, 5.74) is 0.286. The van der Waals surface area contributed by atoms with Crippen LogP contribution in [0.1, 0.15) is 29.3 Å². The minimum atomic E-state index is -1.01. The average Bonchev–Trinajstić information content (AvgIpc) is 2.97. The van der Waals surface area contributed by atoms with Gasteiger partial charge in [0.25, 0.3) is 5.91 Å². The van der Waals surface area contributed by atoms with Crippen LogP contribution >= 0.6 is 0 Å². The molecule has 0 saturated heterocycles. The molecule has 0 fully saturated rings. The number of nitrogens with zero attached hydrogens (tertiary/aromatic N) is 3. The molecule has 100 valence electrons. The Morgan fingerprint density at radius 2 is 2.37 bits per heavy atom. The number of carbonyl (C=O) groups is 2. The van der Waals surface area contributed by atoms with E-state index in [1.165, 1.54) is 10.9 Å².